The summed E-state index contributed by atoms with van der Waals surface area (Å²) in [5, 5.41) is 9.28. The lowest BCUT2D eigenvalue weighted by molar-refractivity contribution is 0.0601. The van der Waals surface area contributed by atoms with Crippen molar-refractivity contribution in [2.45, 2.75) is 0 Å². The molecule has 0 atom stereocenters. The molecular weight excluding hydrogens is 258 g/mol. The summed E-state index contributed by atoms with van der Waals surface area (Å²) in [4.78, 5) is 23.2. The molecule has 0 spiro atoms. The Balaban J connectivity index is 2.72. The Hall–Kier alpha value is -2.82. The number of ether oxygens (including phenoxy) is 1. The van der Waals surface area contributed by atoms with Gasteiger partial charge in [-0.3, -0.25) is 0 Å². The third kappa shape index (κ3) is 2.47. The predicted octanol–water partition coefficient (Wildman–Crippen LogP) is 2.42. The van der Waals surface area contributed by atoms with Gasteiger partial charge in [0.25, 0.3) is 0 Å². The second-order valence-corrected chi connectivity index (χ2v) is 4.15. The highest BCUT2D eigenvalue weighted by Gasteiger charge is 2.20. The van der Waals surface area contributed by atoms with E-state index in [1.807, 2.05) is 0 Å². The van der Waals surface area contributed by atoms with Crippen molar-refractivity contribution in [3.05, 3.63) is 53.6 Å². The van der Waals surface area contributed by atoms with Crippen LogP contribution >= 0.6 is 0 Å². The molecule has 0 amide bonds. The molecule has 0 aliphatic carbocycles. The van der Waals surface area contributed by atoms with Crippen LogP contribution in [0.5, 0.6) is 0 Å². The van der Waals surface area contributed by atoms with Crippen molar-refractivity contribution in [1.82, 2.24) is 0 Å². The van der Waals surface area contributed by atoms with Crippen LogP contribution in [0.1, 0.15) is 20.7 Å². The average Bonchev–Trinajstić information content (AvgIpc) is 2.46. The fraction of sp³-hybridized carbons (Fsp3) is 0.0667. The maximum absolute atomic E-state index is 11.8. The van der Waals surface area contributed by atoms with E-state index in [4.69, 9.17) is 10.5 Å². The van der Waals surface area contributed by atoms with Crippen molar-refractivity contribution in [3.63, 3.8) is 0 Å². The van der Waals surface area contributed by atoms with E-state index in [1.165, 1.54) is 25.3 Å². The molecular formula is C15H13NO4. The minimum absolute atomic E-state index is 0.0395. The molecule has 0 saturated carbocycles. The smallest absolute Gasteiger partial charge is 0.338 e. The van der Waals surface area contributed by atoms with E-state index in [0.29, 0.717) is 16.8 Å². The lowest BCUT2D eigenvalue weighted by Crippen LogP contribution is -2.08. The van der Waals surface area contributed by atoms with Gasteiger partial charge < -0.3 is 15.6 Å². The molecule has 0 fully saturated rings. The molecule has 2 aromatic carbocycles. The Bertz CT molecular complexity index is 662. The Labute approximate surface area is 115 Å². The number of anilines is 1. The van der Waals surface area contributed by atoms with Crippen LogP contribution in [0.2, 0.25) is 0 Å². The van der Waals surface area contributed by atoms with Crippen LogP contribution in [0.15, 0.2) is 42.5 Å². The summed E-state index contributed by atoms with van der Waals surface area (Å²) in [7, 11) is 1.25. The molecule has 0 bridgehead atoms. The van der Waals surface area contributed by atoms with Crippen LogP contribution in [0.4, 0.5) is 5.69 Å². The molecule has 0 aliphatic rings. The molecule has 20 heavy (non-hydrogen) atoms. The van der Waals surface area contributed by atoms with Crippen molar-refractivity contribution in [2.75, 3.05) is 12.8 Å². The van der Waals surface area contributed by atoms with Gasteiger partial charge in [0.2, 0.25) is 0 Å². The fourth-order valence-electron chi connectivity index (χ4n) is 1.97. The molecule has 5 heteroatoms. The number of carboxylic acids is 1. The zero-order valence-electron chi connectivity index (χ0n) is 10.8. The Morgan fingerprint density at radius 2 is 1.65 bits per heavy atom. The van der Waals surface area contributed by atoms with E-state index in [2.05, 4.69) is 0 Å². The normalized spacial score (nSPS) is 10.1. The topological polar surface area (TPSA) is 89.6 Å². The Morgan fingerprint density at radius 1 is 1.05 bits per heavy atom. The second kappa shape index (κ2) is 5.44. The van der Waals surface area contributed by atoms with Crippen LogP contribution in [0.25, 0.3) is 11.1 Å². The van der Waals surface area contributed by atoms with E-state index < -0.39 is 11.9 Å². The van der Waals surface area contributed by atoms with Gasteiger partial charge in [0.1, 0.15) is 0 Å². The number of aromatic carboxylic acids is 1. The number of nitrogens with two attached hydrogens (primary N) is 1. The summed E-state index contributed by atoms with van der Waals surface area (Å²) in [6.45, 7) is 0. The third-order valence-electron chi connectivity index (χ3n) is 2.90. The van der Waals surface area contributed by atoms with E-state index in [0.717, 1.165) is 0 Å². The number of methoxy groups -OCH3 is 1. The maximum Gasteiger partial charge on any atom is 0.338 e. The first kappa shape index (κ1) is 13.6. The van der Waals surface area contributed by atoms with E-state index >= 15 is 0 Å². The number of esters is 1. The van der Waals surface area contributed by atoms with Crippen molar-refractivity contribution >= 4 is 17.6 Å². The monoisotopic (exact) mass is 271 g/mol. The molecule has 0 aliphatic heterocycles. The summed E-state index contributed by atoms with van der Waals surface area (Å²) in [6.07, 6.45) is 0. The Morgan fingerprint density at radius 3 is 2.20 bits per heavy atom. The van der Waals surface area contributed by atoms with Gasteiger partial charge in [0.15, 0.2) is 0 Å². The van der Waals surface area contributed by atoms with E-state index in [9.17, 15) is 14.7 Å². The van der Waals surface area contributed by atoms with Crippen LogP contribution in [0, 0.1) is 0 Å². The van der Waals surface area contributed by atoms with Crippen molar-refractivity contribution in [1.29, 1.82) is 0 Å². The number of carbonyl (C=O) groups is 2. The molecule has 2 rings (SSSR count). The third-order valence-corrected chi connectivity index (χ3v) is 2.90. The quantitative estimate of drug-likeness (QED) is 0.661. The lowest BCUT2D eigenvalue weighted by Gasteiger charge is -2.11. The number of carbonyl (C=O) groups excluding carboxylic acids is 1. The zero-order valence-corrected chi connectivity index (χ0v) is 10.8. The lowest BCUT2D eigenvalue weighted by atomic mass is 9.94. The minimum atomic E-state index is -1.11. The van der Waals surface area contributed by atoms with Gasteiger partial charge in [-0.15, -0.1) is 0 Å². The summed E-state index contributed by atoms with van der Waals surface area (Å²) in [6, 6.07) is 11.1. The first-order valence-corrected chi connectivity index (χ1v) is 5.85. The van der Waals surface area contributed by atoms with Crippen LogP contribution < -0.4 is 5.73 Å². The first-order chi connectivity index (χ1) is 9.54. The van der Waals surface area contributed by atoms with Crippen molar-refractivity contribution in [3.8, 4) is 11.1 Å². The minimum Gasteiger partial charge on any atom is -0.478 e. The van der Waals surface area contributed by atoms with E-state index in [-0.39, 0.29) is 11.1 Å². The average molecular weight is 271 g/mol. The standard InChI is InChI=1S/C15H13NO4/c1-20-15(19)12-4-2-3-11(14(17)18)13(12)9-5-7-10(16)8-6-9/h2-8H,16H2,1H3,(H,17,18). The SMILES string of the molecule is COC(=O)c1cccc(C(=O)O)c1-c1ccc(N)cc1. The summed E-state index contributed by atoms with van der Waals surface area (Å²) >= 11 is 0. The van der Waals surface area contributed by atoms with Crippen molar-refractivity contribution < 1.29 is 19.4 Å². The number of carboxylic acid groups (broad SMARTS) is 1. The van der Waals surface area contributed by atoms with Gasteiger partial charge in [-0.1, -0.05) is 18.2 Å². The van der Waals surface area contributed by atoms with Crippen LogP contribution in [0.3, 0.4) is 0 Å². The molecule has 0 saturated heterocycles. The summed E-state index contributed by atoms with van der Waals surface area (Å²) in [5.74, 6) is -1.69. The maximum atomic E-state index is 11.8. The number of nitrogen functional groups attached to an aromatic ring is 1. The van der Waals surface area contributed by atoms with Gasteiger partial charge in [-0.05, 0) is 29.8 Å². The number of benzene rings is 2. The van der Waals surface area contributed by atoms with Gasteiger partial charge in [0.05, 0.1) is 18.2 Å². The van der Waals surface area contributed by atoms with Crippen LogP contribution in [-0.4, -0.2) is 24.2 Å². The largest absolute Gasteiger partial charge is 0.478 e. The predicted molar refractivity (Wildman–Crippen MR) is 74.6 cm³/mol. The fourth-order valence-corrected chi connectivity index (χ4v) is 1.97. The Kier molecular flexibility index (Phi) is 3.70. The number of hydrogen-bond donors (Lipinski definition) is 2. The van der Waals surface area contributed by atoms with Gasteiger partial charge in [-0.25, -0.2) is 9.59 Å². The molecule has 0 aromatic heterocycles. The summed E-state index contributed by atoms with van der Waals surface area (Å²) in [5.41, 5.74) is 7.34. The summed E-state index contributed by atoms with van der Waals surface area (Å²) < 4.78 is 4.70. The van der Waals surface area contributed by atoms with Gasteiger partial charge >= 0.3 is 11.9 Å². The van der Waals surface area contributed by atoms with Crippen LogP contribution in [-0.2, 0) is 4.74 Å². The first-order valence-electron chi connectivity index (χ1n) is 5.85. The van der Waals surface area contributed by atoms with Gasteiger partial charge in [0, 0.05) is 11.3 Å². The molecule has 2 aromatic rings. The molecule has 5 nitrogen and oxygen atoms in total. The number of rotatable bonds is 3. The second-order valence-electron chi connectivity index (χ2n) is 4.15. The molecule has 0 radical (unpaired) electrons. The molecule has 0 heterocycles. The molecule has 0 unspecified atom stereocenters. The highest BCUT2D eigenvalue weighted by Crippen LogP contribution is 2.29. The van der Waals surface area contributed by atoms with Gasteiger partial charge in [-0.2, -0.15) is 0 Å². The molecule has 3 N–H and O–H groups in total. The van der Waals surface area contributed by atoms with Crippen molar-refractivity contribution in [2.24, 2.45) is 0 Å². The number of hydrogen-bond acceptors (Lipinski definition) is 4. The van der Waals surface area contributed by atoms with E-state index in [1.54, 1.807) is 24.3 Å². The zero-order chi connectivity index (χ0) is 14.7. The molecule has 102 valence electrons. The highest BCUT2D eigenvalue weighted by molar-refractivity contribution is 6.05. The highest BCUT2D eigenvalue weighted by atomic mass is 16.5.